The molecule has 2 amide bonds. The van der Waals surface area contributed by atoms with Gasteiger partial charge in [0.25, 0.3) is 10.0 Å². The summed E-state index contributed by atoms with van der Waals surface area (Å²) in [4.78, 5) is 24.8. The van der Waals surface area contributed by atoms with Crippen LogP contribution >= 0.6 is 15.9 Å². The number of hydrogen-bond acceptors (Lipinski definition) is 8. The molecular formula is C27H27BrN4O8S2. The lowest BCUT2D eigenvalue weighted by Crippen LogP contribution is -2.37. The average Bonchev–Trinajstić information content (AvgIpc) is 3.32. The Balaban J connectivity index is 1.67. The highest BCUT2D eigenvalue weighted by Crippen LogP contribution is 2.35. The summed E-state index contributed by atoms with van der Waals surface area (Å²) in [6.07, 6.45) is 0. The zero-order chi connectivity index (χ0) is 30.5. The fourth-order valence-corrected chi connectivity index (χ4v) is 7.44. The number of rotatable bonds is 11. The van der Waals surface area contributed by atoms with Gasteiger partial charge in [-0.25, -0.2) is 35.1 Å². The molecule has 0 aliphatic carbocycles. The van der Waals surface area contributed by atoms with Crippen LogP contribution in [0.3, 0.4) is 0 Å². The van der Waals surface area contributed by atoms with Crippen LogP contribution in [-0.4, -0.2) is 59.6 Å². The van der Waals surface area contributed by atoms with Gasteiger partial charge in [0.05, 0.1) is 24.1 Å². The van der Waals surface area contributed by atoms with Crippen molar-refractivity contribution in [2.75, 3.05) is 32.1 Å². The van der Waals surface area contributed by atoms with E-state index in [-0.39, 0.29) is 35.5 Å². The lowest BCUT2D eigenvalue weighted by Gasteiger charge is -2.13. The first-order chi connectivity index (χ1) is 20.0. The number of halogens is 1. The normalized spacial score (nSPS) is 11.7. The van der Waals surface area contributed by atoms with Gasteiger partial charge in [0.2, 0.25) is 10.0 Å². The zero-order valence-corrected chi connectivity index (χ0v) is 25.7. The van der Waals surface area contributed by atoms with Gasteiger partial charge in [0.1, 0.15) is 10.6 Å². The molecule has 222 valence electrons. The fourth-order valence-electron chi connectivity index (χ4n) is 4.09. The molecule has 0 aliphatic heterocycles. The molecule has 0 spiro atoms. The van der Waals surface area contributed by atoms with Crippen LogP contribution in [0.2, 0.25) is 0 Å². The minimum Gasteiger partial charge on any atom is -0.497 e. The predicted molar refractivity (Wildman–Crippen MR) is 160 cm³/mol. The van der Waals surface area contributed by atoms with Gasteiger partial charge in [-0.15, -0.1) is 0 Å². The number of carbonyl (C=O) groups excluding carboxylic acids is 2. The summed E-state index contributed by atoms with van der Waals surface area (Å²) in [5.41, 5.74) is -0.222. The molecule has 0 saturated heterocycles. The third-order valence-corrected chi connectivity index (χ3v) is 9.67. The van der Waals surface area contributed by atoms with Crippen LogP contribution in [0.4, 0.5) is 10.5 Å². The van der Waals surface area contributed by atoms with Gasteiger partial charge in [-0.05, 0) is 61.5 Å². The van der Waals surface area contributed by atoms with Crippen LogP contribution in [0.25, 0.3) is 10.9 Å². The fraction of sp³-hybridized carbons (Fsp3) is 0.185. The molecule has 42 heavy (non-hydrogen) atoms. The Labute approximate surface area is 251 Å². The van der Waals surface area contributed by atoms with Gasteiger partial charge >= 0.3 is 12.0 Å². The van der Waals surface area contributed by atoms with Gasteiger partial charge in [-0.1, -0.05) is 34.1 Å². The Hall–Kier alpha value is -3.92. The molecule has 1 aromatic heterocycles. The first kappa shape index (κ1) is 31.0. The van der Waals surface area contributed by atoms with Gasteiger partial charge in [-0.3, -0.25) is 0 Å². The number of sulfonamides is 1. The minimum atomic E-state index is -4.53. The van der Waals surface area contributed by atoms with E-state index in [4.69, 9.17) is 9.47 Å². The number of ether oxygens (including phenoxy) is 2. The number of nitrogens with zero attached hydrogens (tertiary/aromatic N) is 1. The van der Waals surface area contributed by atoms with Crippen LogP contribution in [0.1, 0.15) is 17.4 Å². The second kappa shape index (κ2) is 12.9. The number of amides is 2. The molecule has 0 radical (unpaired) electrons. The van der Waals surface area contributed by atoms with Crippen molar-refractivity contribution in [1.82, 2.24) is 14.0 Å². The smallest absolute Gasteiger partial charge is 0.357 e. The third-order valence-electron chi connectivity index (χ3n) is 5.91. The summed E-state index contributed by atoms with van der Waals surface area (Å²) in [5.74, 6) is -0.524. The molecular weight excluding hydrogens is 652 g/mol. The Morgan fingerprint density at radius 3 is 2.26 bits per heavy atom. The molecule has 15 heteroatoms. The van der Waals surface area contributed by atoms with Crippen molar-refractivity contribution in [1.29, 1.82) is 0 Å². The van der Waals surface area contributed by atoms with E-state index in [9.17, 15) is 26.4 Å². The zero-order valence-electron chi connectivity index (χ0n) is 22.5. The maximum absolute atomic E-state index is 13.8. The Kier molecular flexibility index (Phi) is 9.56. The van der Waals surface area contributed by atoms with Crippen molar-refractivity contribution in [3.05, 3.63) is 83.0 Å². The number of esters is 1. The Morgan fingerprint density at radius 2 is 1.62 bits per heavy atom. The highest BCUT2D eigenvalue weighted by atomic mass is 79.9. The van der Waals surface area contributed by atoms with Gasteiger partial charge in [0, 0.05) is 28.6 Å². The summed E-state index contributed by atoms with van der Waals surface area (Å²) >= 11 is 3.29. The summed E-state index contributed by atoms with van der Waals surface area (Å²) in [6, 6.07) is 17.7. The van der Waals surface area contributed by atoms with Crippen molar-refractivity contribution in [2.45, 2.75) is 16.7 Å². The first-order valence-electron chi connectivity index (χ1n) is 12.5. The van der Waals surface area contributed by atoms with E-state index in [0.717, 1.165) is 0 Å². The summed E-state index contributed by atoms with van der Waals surface area (Å²) < 4.78 is 68.6. The molecule has 4 aromatic rings. The van der Waals surface area contributed by atoms with E-state index >= 15 is 0 Å². The van der Waals surface area contributed by atoms with E-state index in [0.29, 0.717) is 19.9 Å². The number of aromatic nitrogens is 1. The molecule has 3 N–H and O–H groups in total. The SMILES string of the molecule is CCOC(=O)c1c(S(=O)(=O)NCCNC(=O)Nc2ccc(OC)cc2)c2cc(Br)ccc2n1S(=O)(=O)c1ccccc1. The summed E-state index contributed by atoms with van der Waals surface area (Å²) in [6.45, 7) is 0.991. The minimum absolute atomic E-state index is 0.0235. The molecule has 0 unspecified atom stereocenters. The van der Waals surface area contributed by atoms with Crippen LogP contribution in [0.5, 0.6) is 5.75 Å². The van der Waals surface area contributed by atoms with Gasteiger partial charge in [0.15, 0.2) is 5.69 Å². The highest BCUT2D eigenvalue weighted by molar-refractivity contribution is 9.10. The van der Waals surface area contributed by atoms with Crippen molar-refractivity contribution in [3.63, 3.8) is 0 Å². The molecule has 0 bridgehead atoms. The maximum Gasteiger partial charge on any atom is 0.357 e. The lowest BCUT2D eigenvalue weighted by atomic mass is 10.2. The second-order valence-electron chi connectivity index (χ2n) is 8.65. The van der Waals surface area contributed by atoms with Gasteiger partial charge in [-0.2, -0.15) is 0 Å². The molecule has 4 rings (SSSR count). The van der Waals surface area contributed by atoms with Crippen LogP contribution < -0.4 is 20.1 Å². The monoisotopic (exact) mass is 678 g/mol. The molecule has 12 nitrogen and oxygen atoms in total. The number of urea groups is 1. The quantitative estimate of drug-likeness (QED) is 0.159. The Morgan fingerprint density at radius 1 is 0.929 bits per heavy atom. The van der Waals surface area contributed by atoms with Crippen molar-refractivity contribution < 1.29 is 35.9 Å². The topological polar surface area (TPSA) is 162 Å². The maximum atomic E-state index is 13.8. The van der Waals surface area contributed by atoms with E-state index in [1.54, 1.807) is 30.3 Å². The second-order valence-corrected chi connectivity index (χ2v) is 13.1. The standard InChI is InChI=1S/C27H27BrN4O8S2/c1-3-40-26(33)24-25(41(35,36)30-16-15-29-27(34)31-19-10-12-20(39-2)13-11-19)22-17-18(28)9-14-23(22)32(24)42(37,38)21-7-5-4-6-8-21/h4-14,17,30H,3,15-16H2,1-2H3,(H2,29,31,34). The van der Waals surface area contributed by atoms with E-state index in [1.807, 2.05) is 0 Å². The van der Waals surface area contributed by atoms with Crippen LogP contribution in [-0.2, 0) is 24.8 Å². The van der Waals surface area contributed by atoms with Crippen molar-refractivity contribution in [3.8, 4) is 5.75 Å². The number of nitrogens with one attached hydrogen (secondary N) is 3. The molecule has 0 atom stereocenters. The van der Waals surface area contributed by atoms with E-state index in [1.165, 1.54) is 56.5 Å². The summed E-state index contributed by atoms with van der Waals surface area (Å²) in [5, 5.41) is 5.11. The molecule has 0 aliphatic rings. The number of methoxy groups -OCH3 is 1. The van der Waals surface area contributed by atoms with E-state index in [2.05, 4.69) is 31.3 Å². The molecule has 1 heterocycles. The Bertz CT molecular complexity index is 1830. The largest absolute Gasteiger partial charge is 0.497 e. The number of benzene rings is 3. The number of anilines is 1. The number of hydrogen-bond donors (Lipinski definition) is 3. The predicted octanol–water partition coefficient (Wildman–Crippen LogP) is 3.93. The van der Waals surface area contributed by atoms with Crippen LogP contribution in [0.15, 0.2) is 87.1 Å². The van der Waals surface area contributed by atoms with Crippen LogP contribution in [0, 0.1) is 0 Å². The highest BCUT2D eigenvalue weighted by Gasteiger charge is 2.37. The number of carbonyl (C=O) groups is 2. The summed E-state index contributed by atoms with van der Waals surface area (Å²) in [7, 11) is -7.46. The van der Waals surface area contributed by atoms with Crippen molar-refractivity contribution in [2.24, 2.45) is 0 Å². The molecule has 0 fully saturated rings. The molecule has 0 saturated carbocycles. The average molecular weight is 680 g/mol. The van der Waals surface area contributed by atoms with Crippen molar-refractivity contribution >= 4 is 64.6 Å². The van der Waals surface area contributed by atoms with Gasteiger partial charge < -0.3 is 20.1 Å². The number of fused-ring (bicyclic) bond motifs is 1. The molecule has 3 aromatic carbocycles. The third kappa shape index (κ3) is 6.59. The first-order valence-corrected chi connectivity index (χ1v) is 16.2. The van der Waals surface area contributed by atoms with E-state index < -0.39 is 42.6 Å². The lowest BCUT2D eigenvalue weighted by molar-refractivity contribution is 0.0514.